The van der Waals surface area contributed by atoms with Gasteiger partial charge in [-0.1, -0.05) is 52.4 Å². The van der Waals surface area contributed by atoms with E-state index in [-0.39, 0.29) is 5.91 Å². The van der Waals surface area contributed by atoms with Crippen LogP contribution in [0.5, 0.6) is 5.75 Å². The van der Waals surface area contributed by atoms with E-state index >= 15 is 0 Å². The van der Waals surface area contributed by atoms with Crippen molar-refractivity contribution in [2.45, 2.75) is 72.1 Å². The van der Waals surface area contributed by atoms with E-state index in [0.29, 0.717) is 0 Å². The van der Waals surface area contributed by atoms with Crippen LogP contribution in [0.25, 0.3) is 0 Å². The highest BCUT2D eigenvalue weighted by Crippen LogP contribution is 2.32. The largest absolute Gasteiger partial charge is 0.495 e. The second-order valence-corrected chi connectivity index (χ2v) is 6.68. The molecule has 0 fully saturated rings. The standard InChI is InChI=1S/C21H36N2O2/c1-5-7-9-11-15-23(16-12-10-8-6-2)20-17-19(22-18(3)24)13-14-21(20)25-4/h13-14,17H,5-12,15-16H2,1-4H3,(H,22,24). The van der Waals surface area contributed by atoms with Gasteiger partial charge in [-0.2, -0.15) is 0 Å². The van der Waals surface area contributed by atoms with Crippen LogP contribution in [0.2, 0.25) is 0 Å². The molecular weight excluding hydrogens is 312 g/mol. The highest BCUT2D eigenvalue weighted by Gasteiger charge is 2.13. The van der Waals surface area contributed by atoms with Crippen LogP contribution < -0.4 is 15.0 Å². The minimum Gasteiger partial charge on any atom is -0.495 e. The third-order valence-corrected chi connectivity index (χ3v) is 4.40. The van der Waals surface area contributed by atoms with Crippen LogP contribution in [0.4, 0.5) is 11.4 Å². The summed E-state index contributed by atoms with van der Waals surface area (Å²) in [6.45, 7) is 8.08. The first kappa shape index (κ1) is 21.3. The Morgan fingerprint density at radius 1 is 1.00 bits per heavy atom. The Balaban J connectivity index is 2.89. The number of benzene rings is 1. The lowest BCUT2D eigenvalue weighted by Crippen LogP contribution is -2.26. The van der Waals surface area contributed by atoms with Gasteiger partial charge in [0.15, 0.2) is 0 Å². The maximum absolute atomic E-state index is 11.4. The van der Waals surface area contributed by atoms with Gasteiger partial charge in [0.2, 0.25) is 5.91 Å². The maximum atomic E-state index is 11.4. The average molecular weight is 349 g/mol. The first-order valence-electron chi connectivity index (χ1n) is 9.82. The summed E-state index contributed by atoms with van der Waals surface area (Å²) >= 11 is 0. The van der Waals surface area contributed by atoms with Gasteiger partial charge >= 0.3 is 0 Å². The molecule has 0 atom stereocenters. The number of amides is 1. The zero-order valence-corrected chi connectivity index (χ0v) is 16.6. The van der Waals surface area contributed by atoms with Crippen molar-refractivity contribution in [3.63, 3.8) is 0 Å². The normalized spacial score (nSPS) is 10.6. The molecule has 0 saturated heterocycles. The van der Waals surface area contributed by atoms with Crippen LogP contribution in [0.15, 0.2) is 18.2 Å². The molecule has 1 amide bonds. The Bertz CT molecular complexity index is 491. The molecule has 1 aromatic carbocycles. The molecular formula is C21H36N2O2. The molecule has 0 aliphatic heterocycles. The van der Waals surface area contributed by atoms with Gasteiger partial charge in [-0.15, -0.1) is 0 Å². The summed E-state index contributed by atoms with van der Waals surface area (Å²) in [6, 6.07) is 5.89. The van der Waals surface area contributed by atoms with Gasteiger partial charge in [0.25, 0.3) is 0 Å². The first-order valence-corrected chi connectivity index (χ1v) is 9.82. The van der Waals surface area contributed by atoms with E-state index in [1.807, 2.05) is 18.2 Å². The number of nitrogens with zero attached hydrogens (tertiary/aromatic N) is 1. The smallest absolute Gasteiger partial charge is 0.221 e. The lowest BCUT2D eigenvalue weighted by atomic mass is 10.1. The van der Waals surface area contributed by atoms with Gasteiger partial charge in [0.1, 0.15) is 5.75 Å². The van der Waals surface area contributed by atoms with Crippen molar-refractivity contribution in [2.75, 3.05) is 30.4 Å². The second-order valence-electron chi connectivity index (χ2n) is 6.68. The number of nitrogens with one attached hydrogen (secondary N) is 1. The van der Waals surface area contributed by atoms with Crippen molar-refractivity contribution < 1.29 is 9.53 Å². The van der Waals surface area contributed by atoms with E-state index in [1.54, 1.807) is 7.11 Å². The van der Waals surface area contributed by atoms with Crippen LogP contribution in [-0.4, -0.2) is 26.1 Å². The van der Waals surface area contributed by atoms with Gasteiger partial charge in [0, 0.05) is 25.7 Å². The molecule has 0 unspecified atom stereocenters. The fourth-order valence-corrected chi connectivity index (χ4v) is 3.03. The molecule has 0 saturated carbocycles. The zero-order chi connectivity index (χ0) is 18.5. The van der Waals surface area contributed by atoms with Crippen LogP contribution in [0.3, 0.4) is 0 Å². The summed E-state index contributed by atoms with van der Waals surface area (Å²) in [5, 5.41) is 2.88. The minimum atomic E-state index is -0.0476. The molecule has 1 aromatic rings. The third kappa shape index (κ3) is 8.28. The summed E-state index contributed by atoms with van der Waals surface area (Å²) in [5.41, 5.74) is 1.91. The number of methoxy groups -OCH3 is 1. The number of anilines is 2. The summed E-state index contributed by atoms with van der Waals surface area (Å²) in [5.74, 6) is 0.827. The molecule has 25 heavy (non-hydrogen) atoms. The van der Waals surface area contributed by atoms with Crippen molar-refractivity contribution >= 4 is 17.3 Å². The van der Waals surface area contributed by atoms with Gasteiger partial charge in [0.05, 0.1) is 12.8 Å². The van der Waals surface area contributed by atoms with E-state index in [4.69, 9.17) is 4.74 Å². The van der Waals surface area contributed by atoms with Crippen molar-refractivity contribution in [2.24, 2.45) is 0 Å². The zero-order valence-electron chi connectivity index (χ0n) is 16.6. The number of rotatable bonds is 13. The Morgan fingerprint density at radius 2 is 1.60 bits per heavy atom. The number of hydrogen-bond acceptors (Lipinski definition) is 3. The lowest BCUT2D eigenvalue weighted by Gasteiger charge is -2.27. The molecule has 4 heteroatoms. The van der Waals surface area contributed by atoms with E-state index in [0.717, 1.165) is 30.2 Å². The third-order valence-electron chi connectivity index (χ3n) is 4.40. The monoisotopic (exact) mass is 348 g/mol. The Hall–Kier alpha value is -1.71. The van der Waals surface area contributed by atoms with E-state index in [9.17, 15) is 4.79 Å². The SMILES string of the molecule is CCCCCCN(CCCCCC)c1cc(NC(C)=O)ccc1OC. The fourth-order valence-electron chi connectivity index (χ4n) is 3.03. The van der Waals surface area contributed by atoms with Crippen LogP contribution in [0, 0.1) is 0 Å². The van der Waals surface area contributed by atoms with E-state index in [1.165, 1.54) is 58.3 Å². The van der Waals surface area contributed by atoms with Crippen LogP contribution in [-0.2, 0) is 4.79 Å². The van der Waals surface area contributed by atoms with E-state index in [2.05, 4.69) is 24.1 Å². The second kappa shape index (κ2) is 12.6. The lowest BCUT2D eigenvalue weighted by molar-refractivity contribution is -0.114. The molecule has 0 aromatic heterocycles. The van der Waals surface area contributed by atoms with E-state index < -0.39 is 0 Å². The molecule has 142 valence electrons. The topological polar surface area (TPSA) is 41.6 Å². The number of ether oxygens (including phenoxy) is 1. The Kier molecular flexibility index (Phi) is 10.8. The fraction of sp³-hybridized carbons (Fsp3) is 0.667. The highest BCUT2D eigenvalue weighted by atomic mass is 16.5. The molecule has 0 radical (unpaired) electrons. The Morgan fingerprint density at radius 3 is 2.08 bits per heavy atom. The summed E-state index contributed by atoms with van der Waals surface area (Å²) in [6.07, 6.45) is 9.96. The molecule has 1 rings (SSSR count). The van der Waals surface area contributed by atoms with Gasteiger partial charge in [-0.05, 0) is 31.0 Å². The van der Waals surface area contributed by atoms with Crippen LogP contribution >= 0.6 is 0 Å². The molecule has 0 spiro atoms. The summed E-state index contributed by atoms with van der Waals surface area (Å²) < 4.78 is 5.59. The molecule has 0 aliphatic carbocycles. The van der Waals surface area contributed by atoms with Crippen LogP contribution in [0.1, 0.15) is 72.1 Å². The summed E-state index contributed by atoms with van der Waals surface area (Å²) in [4.78, 5) is 13.8. The molecule has 0 bridgehead atoms. The molecule has 0 aliphatic rings. The van der Waals surface area contributed by atoms with Crippen molar-refractivity contribution in [3.05, 3.63) is 18.2 Å². The minimum absolute atomic E-state index is 0.0476. The molecule has 1 N–H and O–H groups in total. The quantitative estimate of drug-likeness (QED) is 0.470. The average Bonchev–Trinajstić information content (AvgIpc) is 2.60. The van der Waals surface area contributed by atoms with Crippen molar-refractivity contribution in [3.8, 4) is 5.75 Å². The predicted molar refractivity (Wildman–Crippen MR) is 108 cm³/mol. The Labute approximate surface area is 153 Å². The van der Waals surface area contributed by atoms with Gasteiger partial charge < -0.3 is 15.0 Å². The predicted octanol–water partition coefficient (Wildman–Crippen LogP) is 5.62. The first-order chi connectivity index (χ1) is 12.1. The van der Waals surface area contributed by atoms with Crippen molar-refractivity contribution in [1.82, 2.24) is 0 Å². The number of unbranched alkanes of at least 4 members (excludes halogenated alkanes) is 6. The van der Waals surface area contributed by atoms with Gasteiger partial charge in [-0.3, -0.25) is 4.79 Å². The molecule has 0 heterocycles. The maximum Gasteiger partial charge on any atom is 0.221 e. The van der Waals surface area contributed by atoms with Gasteiger partial charge in [-0.25, -0.2) is 0 Å². The number of carbonyl (C=O) groups is 1. The number of hydrogen-bond donors (Lipinski definition) is 1. The highest BCUT2D eigenvalue weighted by molar-refractivity contribution is 5.89. The summed E-state index contributed by atoms with van der Waals surface area (Å²) in [7, 11) is 1.71. The molecule has 4 nitrogen and oxygen atoms in total. The number of carbonyl (C=O) groups excluding carboxylic acids is 1. The van der Waals surface area contributed by atoms with Crippen molar-refractivity contribution in [1.29, 1.82) is 0 Å².